The molecule has 2 atom stereocenters. The van der Waals surface area contributed by atoms with Gasteiger partial charge in [-0.25, -0.2) is 4.79 Å². The molecule has 226 valence electrons. The minimum atomic E-state index is -0.670. The van der Waals surface area contributed by atoms with Crippen molar-refractivity contribution in [1.29, 1.82) is 0 Å². The lowest BCUT2D eigenvalue weighted by molar-refractivity contribution is -0.142. The van der Waals surface area contributed by atoms with Crippen molar-refractivity contribution in [2.24, 2.45) is 11.8 Å². The quantitative estimate of drug-likeness (QED) is 0.360. The smallest absolute Gasteiger partial charge is 0.410 e. The van der Waals surface area contributed by atoms with Gasteiger partial charge < -0.3 is 33.5 Å². The molecule has 2 fully saturated rings. The Labute approximate surface area is 247 Å². The fourth-order valence-corrected chi connectivity index (χ4v) is 5.81. The van der Waals surface area contributed by atoms with Crippen molar-refractivity contribution in [2.45, 2.75) is 72.1 Å². The maximum Gasteiger partial charge on any atom is 0.410 e. The number of methoxy groups -OCH3 is 1. The molecule has 2 aliphatic heterocycles. The monoisotopic (exact) mass is 626 g/mol. The summed E-state index contributed by atoms with van der Waals surface area (Å²) in [7, 11) is 1.69. The van der Waals surface area contributed by atoms with E-state index in [-0.39, 0.29) is 30.3 Å². The summed E-state index contributed by atoms with van der Waals surface area (Å²) in [4.78, 5) is 46.4. The molecule has 10 nitrogen and oxygen atoms in total. The summed E-state index contributed by atoms with van der Waals surface area (Å²) in [6.07, 6.45) is 1.79. The van der Waals surface area contributed by atoms with Crippen LogP contribution in [0.1, 0.15) is 64.4 Å². The van der Waals surface area contributed by atoms with E-state index in [1.54, 1.807) is 12.0 Å². The number of hydrogen-bond acceptors (Lipinski definition) is 6. The van der Waals surface area contributed by atoms with Crippen molar-refractivity contribution in [3.05, 3.63) is 22.4 Å². The van der Waals surface area contributed by atoms with Crippen LogP contribution in [-0.2, 0) is 25.5 Å². The van der Waals surface area contributed by atoms with E-state index in [0.29, 0.717) is 64.7 Å². The molecule has 40 heavy (non-hydrogen) atoms. The summed E-state index contributed by atoms with van der Waals surface area (Å²) in [5.41, 5.74) is -0.0766. The highest BCUT2D eigenvalue weighted by Gasteiger charge is 2.41. The molecular weight excluding hydrogens is 580 g/mol. The third-order valence-electron chi connectivity index (χ3n) is 7.14. The van der Waals surface area contributed by atoms with Crippen LogP contribution in [0.3, 0.4) is 0 Å². The number of aromatic nitrogens is 1. The summed E-state index contributed by atoms with van der Waals surface area (Å²) in [5.74, 6) is -0.329. The van der Waals surface area contributed by atoms with Crippen LogP contribution < -0.4 is 0 Å². The Balaban J connectivity index is 1.90. The minimum absolute atomic E-state index is 0.00256. The number of amides is 3. The molecule has 0 bridgehead atoms. The van der Waals surface area contributed by atoms with Gasteiger partial charge in [0.15, 0.2) is 0 Å². The number of morpholine rings is 1. The van der Waals surface area contributed by atoms with Crippen LogP contribution in [0, 0.1) is 11.8 Å². The molecule has 0 spiro atoms. The maximum absolute atomic E-state index is 14.2. The number of carbonyl (C=O) groups is 3. The fourth-order valence-electron chi connectivity index (χ4n) is 5.31. The highest BCUT2D eigenvalue weighted by molar-refractivity contribution is 9.10. The molecule has 11 heteroatoms. The lowest BCUT2D eigenvalue weighted by Crippen LogP contribution is -2.58. The van der Waals surface area contributed by atoms with Gasteiger partial charge in [0.2, 0.25) is 5.91 Å². The van der Waals surface area contributed by atoms with Gasteiger partial charge in [-0.1, -0.05) is 13.8 Å². The Hall–Kier alpha value is -2.11. The van der Waals surface area contributed by atoms with Crippen LogP contribution in [0.15, 0.2) is 16.7 Å². The molecule has 0 saturated carbocycles. The topological polar surface area (TPSA) is 93.5 Å². The molecular formula is C29H47BrN4O6. The molecule has 0 N–H and O–H groups in total. The number of ether oxygens (including phenoxy) is 3. The van der Waals surface area contributed by atoms with E-state index in [2.05, 4.69) is 29.8 Å². The zero-order valence-corrected chi connectivity index (χ0v) is 26.6. The fraction of sp³-hybridized carbons (Fsp3) is 0.759. The predicted molar refractivity (Wildman–Crippen MR) is 156 cm³/mol. The molecule has 0 aromatic carbocycles. The molecule has 3 heterocycles. The van der Waals surface area contributed by atoms with Crippen LogP contribution in [-0.4, -0.2) is 108 Å². The van der Waals surface area contributed by atoms with Gasteiger partial charge in [-0.2, -0.15) is 0 Å². The third kappa shape index (κ3) is 8.94. The number of halogens is 1. The number of unbranched alkanes of at least 4 members (excludes halogenated alkanes) is 1. The Bertz CT molecular complexity index is 1000. The standard InChI is InChI=1S/C29H47BrN4O6/c1-21(2)18-34(27(36)24-9-10-25(30)33(24)11-7-8-14-38-6)23-17-22(26(35)31-12-15-39-16-13-31)19-32(20-23)28(37)40-29(3,4)5/h9-10,21-23H,7-8,11-20H2,1-6H3/t22-,23+/m1/s1. The first-order valence-corrected chi connectivity index (χ1v) is 15.2. The van der Waals surface area contributed by atoms with Crippen LogP contribution in [0.4, 0.5) is 4.79 Å². The Morgan fingerprint density at radius 3 is 2.42 bits per heavy atom. The largest absolute Gasteiger partial charge is 0.444 e. The van der Waals surface area contributed by atoms with E-state index >= 15 is 0 Å². The molecule has 1 aromatic rings. The number of piperidine rings is 1. The molecule has 1 aromatic heterocycles. The zero-order valence-electron chi connectivity index (χ0n) is 25.0. The van der Waals surface area contributed by atoms with Crippen LogP contribution in [0.25, 0.3) is 0 Å². The average molecular weight is 628 g/mol. The average Bonchev–Trinajstić information content (AvgIpc) is 3.28. The van der Waals surface area contributed by atoms with Gasteiger partial charge >= 0.3 is 6.09 Å². The van der Waals surface area contributed by atoms with Gasteiger partial charge in [0.25, 0.3) is 5.91 Å². The second-order valence-electron chi connectivity index (χ2n) is 12.2. The van der Waals surface area contributed by atoms with Gasteiger partial charge in [0.1, 0.15) is 11.3 Å². The number of carbonyl (C=O) groups excluding carboxylic acids is 3. The van der Waals surface area contributed by atoms with E-state index in [4.69, 9.17) is 14.2 Å². The highest BCUT2D eigenvalue weighted by Crippen LogP contribution is 2.28. The minimum Gasteiger partial charge on any atom is -0.444 e. The van der Waals surface area contributed by atoms with Gasteiger partial charge in [0, 0.05) is 53.0 Å². The van der Waals surface area contributed by atoms with Crippen molar-refractivity contribution < 1.29 is 28.6 Å². The lowest BCUT2D eigenvalue weighted by Gasteiger charge is -2.44. The Morgan fingerprint density at radius 1 is 1.10 bits per heavy atom. The van der Waals surface area contributed by atoms with Gasteiger partial charge in [-0.15, -0.1) is 0 Å². The first-order valence-electron chi connectivity index (χ1n) is 14.4. The van der Waals surface area contributed by atoms with Gasteiger partial charge in [-0.3, -0.25) is 9.59 Å². The van der Waals surface area contributed by atoms with E-state index in [1.807, 2.05) is 47.3 Å². The molecule has 3 amide bonds. The van der Waals surface area contributed by atoms with Crippen molar-refractivity contribution >= 4 is 33.8 Å². The third-order valence-corrected chi connectivity index (χ3v) is 7.83. The second kappa shape index (κ2) is 14.7. The highest BCUT2D eigenvalue weighted by atomic mass is 79.9. The van der Waals surface area contributed by atoms with Gasteiger partial charge in [0.05, 0.1) is 29.8 Å². The predicted octanol–water partition coefficient (Wildman–Crippen LogP) is 4.26. The normalized spacial score (nSPS) is 20.1. The molecule has 0 aliphatic carbocycles. The molecule has 3 rings (SSSR count). The summed E-state index contributed by atoms with van der Waals surface area (Å²) in [5, 5.41) is 0. The van der Waals surface area contributed by atoms with Crippen LogP contribution >= 0.6 is 15.9 Å². The zero-order chi connectivity index (χ0) is 29.4. The summed E-state index contributed by atoms with van der Waals surface area (Å²) < 4.78 is 19.2. The van der Waals surface area contributed by atoms with Crippen LogP contribution in [0.2, 0.25) is 0 Å². The van der Waals surface area contributed by atoms with E-state index in [9.17, 15) is 14.4 Å². The summed E-state index contributed by atoms with van der Waals surface area (Å²) in [6.45, 7) is 14.2. The van der Waals surface area contributed by atoms with Crippen molar-refractivity contribution in [1.82, 2.24) is 19.3 Å². The first-order chi connectivity index (χ1) is 18.9. The first kappa shape index (κ1) is 32.4. The second-order valence-corrected chi connectivity index (χ2v) is 13.0. The van der Waals surface area contributed by atoms with Crippen molar-refractivity contribution in [3.63, 3.8) is 0 Å². The van der Waals surface area contributed by atoms with E-state index < -0.39 is 17.6 Å². The van der Waals surface area contributed by atoms with Crippen molar-refractivity contribution in [3.8, 4) is 0 Å². The number of hydrogen-bond donors (Lipinski definition) is 0. The SMILES string of the molecule is COCCCCn1c(Br)ccc1C(=O)N(CC(C)C)[C@H]1C[C@@H](C(=O)N2CCOCC2)CN(C(=O)OC(C)(C)C)C1. The Kier molecular flexibility index (Phi) is 11.9. The van der Waals surface area contributed by atoms with Gasteiger partial charge in [-0.05, 0) is 74.0 Å². The van der Waals surface area contributed by atoms with Crippen molar-refractivity contribution in [2.75, 3.05) is 59.7 Å². The number of rotatable bonds is 10. The molecule has 0 unspecified atom stereocenters. The van der Waals surface area contributed by atoms with E-state index in [0.717, 1.165) is 17.4 Å². The molecule has 2 saturated heterocycles. The number of likely N-dealkylation sites (tertiary alicyclic amines) is 1. The number of nitrogens with zero attached hydrogens (tertiary/aromatic N) is 4. The molecule has 0 radical (unpaired) electrons. The lowest BCUT2D eigenvalue weighted by atomic mass is 9.91. The van der Waals surface area contributed by atoms with E-state index in [1.165, 1.54) is 0 Å². The molecule has 2 aliphatic rings. The summed E-state index contributed by atoms with van der Waals surface area (Å²) >= 11 is 3.61. The van der Waals surface area contributed by atoms with Crippen LogP contribution in [0.5, 0.6) is 0 Å². The Morgan fingerprint density at radius 2 is 1.80 bits per heavy atom. The summed E-state index contributed by atoms with van der Waals surface area (Å²) in [6, 6.07) is 3.41. The maximum atomic E-state index is 14.2.